The van der Waals surface area contributed by atoms with Gasteiger partial charge in [0.05, 0.1) is 25.4 Å². The van der Waals surface area contributed by atoms with Crippen LogP contribution in [0.15, 0.2) is 0 Å². The minimum absolute atomic E-state index is 0.364. The maximum Gasteiger partial charge on any atom is 0.500 e. The van der Waals surface area contributed by atoms with Crippen molar-refractivity contribution in [2.45, 2.75) is 69.6 Å². The maximum absolute atomic E-state index is 5.92. The third-order valence-electron chi connectivity index (χ3n) is 6.20. The third-order valence-corrected chi connectivity index (χ3v) is 11.9. The minimum atomic E-state index is -2.35. The molecule has 0 aromatic heterocycles. The summed E-state index contributed by atoms with van der Waals surface area (Å²) in [6.45, 7) is 7.25. The molecule has 3 rings (SSSR count). The van der Waals surface area contributed by atoms with E-state index in [2.05, 4.69) is 13.5 Å². The van der Waals surface area contributed by atoms with E-state index in [1.165, 1.54) is 12.8 Å². The monoisotopic (exact) mass is 466 g/mol. The summed E-state index contributed by atoms with van der Waals surface area (Å²) in [7, 11) is 2.57. The van der Waals surface area contributed by atoms with Gasteiger partial charge < -0.3 is 36.3 Å². The summed E-state index contributed by atoms with van der Waals surface area (Å²) in [6.07, 6.45) is 5.99. The molecule has 3 aliphatic rings. The van der Waals surface area contributed by atoms with E-state index in [9.17, 15) is 0 Å². The van der Waals surface area contributed by atoms with Gasteiger partial charge in [-0.1, -0.05) is 6.92 Å². The van der Waals surface area contributed by atoms with Crippen molar-refractivity contribution in [3.05, 3.63) is 0 Å². The molecule has 0 N–H and O–H groups in total. The van der Waals surface area contributed by atoms with Crippen molar-refractivity contribution < 1.29 is 36.3 Å². The molecule has 2 heterocycles. The highest BCUT2D eigenvalue weighted by atomic mass is 28.4. The van der Waals surface area contributed by atoms with Crippen molar-refractivity contribution >= 4 is 17.4 Å². The number of ether oxygens (including phenoxy) is 3. The van der Waals surface area contributed by atoms with Crippen LogP contribution in [0.2, 0.25) is 18.6 Å². The predicted molar refractivity (Wildman–Crippen MR) is 118 cm³/mol. The van der Waals surface area contributed by atoms with Gasteiger partial charge in [-0.3, -0.25) is 0 Å². The number of hydrogen-bond donors (Lipinski definition) is 0. The van der Waals surface area contributed by atoms with Crippen LogP contribution in [-0.2, 0) is 36.3 Å². The molecule has 178 valence electrons. The molecule has 0 aromatic carbocycles. The Balaban J connectivity index is 0.000000216. The lowest BCUT2D eigenvalue weighted by Gasteiger charge is -2.28. The molecule has 3 fully saturated rings. The normalized spacial score (nSPS) is 27.8. The molecule has 2 aliphatic heterocycles. The van der Waals surface area contributed by atoms with E-state index >= 15 is 0 Å². The molecule has 0 spiro atoms. The first-order chi connectivity index (χ1) is 14.4. The van der Waals surface area contributed by atoms with Gasteiger partial charge in [-0.15, -0.1) is 0 Å². The van der Waals surface area contributed by atoms with E-state index in [0.717, 1.165) is 51.4 Å². The van der Waals surface area contributed by atoms with Crippen molar-refractivity contribution in [1.82, 2.24) is 0 Å². The van der Waals surface area contributed by atoms with Crippen molar-refractivity contribution in [2.75, 3.05) is 54.9 Å². The van der Waals surface area contributed by atoms with Crippen LogP contribution >= 0.6 is 0 Å². The van der Waals surface area contributed by atoms with Gasteiger partial charge in [0.25, 0.3) is 0 Å². The second kappa shape index (κ2) is 13.0. The van der Waals surface area contributed by atoms with Gasteiger partial charge in [-0.05, 0) is 44.2 Å². The lowest BCUT2D eigenvalue weighted by Crippen LogP contribution is -2.44. The molecule has 1 saturated carbocycles. The fourth-order valence-corrected chi connectivity index (χ4v) is 6.67. The maximum atomic E-state index is 5.92. The van der Waals surface area contributed by atoms with Gasteiger partial charge in [0, 0.05) is 47.7 Å². The molecule has 0 amide bonds. The fourth-order valence-electron chi connectivity index (χ4n) is 3.64. The summed E-state index contributed by atoms with van der Waals surface area (Å²) >= 11 is 0. The smallest absolute Gasteiger partial charge is 0.398 e. The van der Waals surface area contributed by atoms with Crippen LogP contribution in [0.3, 0.4) is 0 Å². The zero-order chi connectivity index (χ0) is 22.0. The molecule has 1 aliphatic carbocycles. The van der Waals surface area contributed by atoms with Gasteiger partial charge in [-0.25, -0.2) is 0 Å². The van der Waals surface area contributed by atoms with E-state index in [4.69, 9.17) is 36.3 Å². The fraction of sp³-hybridized carbons (Fsp3) is 1.00. The van der Waals surface area contributed by atoms with Crippen LogP contribution in [0.5, 0.6) is 0 Å². The molecular formula is C20H42O8Si2. The van der Waals surface area contributed by atoms with Gasteiger partial charge in [-0.2, -0.15) is 0 Å². The molecule has 0 bridgehead atoms. The Morgan fingerprint density at radius 1 is 0.933 bits per heavy atom. The Bertz CT molecular complexity index is 463. The van der Waals surface area contributed by atoms with Crippen LogP contribution in [0.1, 0.15) is 32.6 Å². The molecule has 0 aromatic rings. The van der Waals surface area contributed by atoms with Crippen LogP contribution in [0.4, 0.5) is 0 Å². The number of fused-ring (bicyclic) bond motifs is 1. The second-order valence-electron chi connectivity index (χ2n) is 8.32. The van der Waals surface area contributed by atoms with Crippen LogP contribution < -0.4 is 0 Å². The molecule has 30 heavy (non-hydrogen) atoms. The van der Waals surface area contributed by atoms with Crippen molar-refractivity contribution in [3.8, 4) is 0 Å². The lowest BCUT2D eigenvalue weighted by molar-refractivity contribution is 0.0770. The quantitative estimate of drug-likeness (QED) is 0.220. The highest BCUT2D eigenvalue weighted by molar-refractivity contribution is 6.65. The molecule has 2 saturated heterocycles. The van der Waals surface area contributed by atoms with Gasteiger partial charge >= 0.3 is 17.4 Å². The van der Waals surface area contributed by atoms with E-state index in [0.29, 0.717) is 24.2 Å². The van der Waals surface area contributed by atoms with Crippen molar-refractivity contribution in [1.29, 1.82) is 0 Å². The van der Waals surface area contributed by atoms with E-state index < -0.39 is 17.4 Å². The minimum Gasteiger partial charge on any atom is -0.398 e. The second-order valence-corrected chi connectivity index (χ2v) is 15.1. The summed E-state index contributed by atoms with van der Waals surface area (Å²) in [5, 5.41) is 0. The van der Waals surface area contributed by atoms with Crippen LogP contribution in [0.25, 0.3) is 0 Å². The molecular weight excluding hydrogens is 424 g/mol. The van der Waals surface area contributed by atoms with Crippen LogP contribution in [-0.4, -0.2) is 90.5 Å². The highest BCUT2D eigenvalue weighted by Crippen LogP contribution is 2.39. The average molecular weight is 467 g/mol. The number of rotatable bonds is 14. The van der Waals surface area contributed by atoms with E-state index in [1.807, 2.05) is 0 Å². The zero-order valence-corrected chi connectivity index (χ0v) is 21.6. The highest BCUT2D eigenvalue weighted by Gasteiger charge is 2.45. The molecule has 0 radical (unpaired) electrons. The first-order valence-corrected chi connectivity index (χ1v) is 15.6. The molecule has 4 atom stereocenters. The van der Waals surface area contributed by atoms with Crippen molar-refractivity contribution in [2.24, 2.45) is 5.92 Å². The van der Waals surface area contributed by atoms with E-state index in [-0.39, 0.29) is 0 Å². The summed E-state index contributed by atoms with van der Waals surface area (Å²) in [4.78, 5) is 0. The summed E-state index contributed by atoms with van der Waals surface area (Å²) in [6, 6.07) is 1.81. The SMILES string of the molecule is CC[Si](OC)(OC)OCC1CCC2OC2C1.CO[Si](C)(CCCOCC1CO1)OC. The Morgan fingerprint density at radius 2 is 1.63 bits per heavy atom. The number of hydrogen-bond acceptors (Lipinski definition) is 8. The average Bonchev–Trinajstić information content (AvgIpc) is 3.70. The number of epoxide rings is 2. The summed E-state index contributed by atoms with van der Waals surface area (Å²) < 4.78 is 43.5. The molecule has 10 heteroatoms. The Kier molecular flexibility index (Phi) is 11.4. The van der Waals surface area contributed by atoms with Crippen molar-refractivity contribution in [3.63, 3.8) is 0 Å². The Hall–Kier alpha value is 0.114. The van der Waals surface area contributed by atoms with Crippen LogP contribution in [0, 0.1) is 5.92 Å². The lowest BCUT2D eigenvalue weighted by atomic mass is 9.90. The summed E-state index contributed by atoms with van der Waals surface area (Å²) in [5.41, 5.74) is 0. The topological polar surface area (TPSA) is 80.4 Å². The van der Waals surface area contributed by atoms with Gasteiger partial charge in [0.15, 0.2) is 0 Å². The standard InChI is InChI=1S/C11H22O4Si.C9H20O4Si/c1-4-16(12-2,13-3)14-8-9-5-6-10-11(7-9)15-10;1-10-14(3,11-2)6-4-5-12-7-9-8-13-9/h9-11H,4-8H2,1-3H3;9H,4-8H2,1-3H3. The summed E-state index contributed by atoms with van der Waals surface area (Å²) in [5.74, 6) is 0.618. The zero-order valence-electron chi connectivity index (χ0n) is 19.6. The molecule has 4 unspecified atom stereocenters. The largest absolute Gasteiger partial charge is 0.500 e. The predicted octanol–water partition coefficient (Wildman–Crippen LogP) is 2.98. The molecule has 8 nitrogen and oxygen atoms in total. The van der Waals surface area contributed by atoms with Gasteiger partial charge in [0.1, 0.15) is 6.10 Å². The van der Waals surface area contributed by atoms with E-state index in [1.54, 1.807) is 28.4 Å². The van der Waals surface area contributed by atoms with Gasteiger partial charge in [0.2, 0.25) is 0 Å². The Labute approximate surface area is 184 Å². The first kappa shape index (κ1) is 26.4. The third kappa shape index (κ3) is 8.93. The first-order valence-electron chi connectivity index (χ1n) is 11.1. The Morgan fingerprint density at radius 3 is 2.17 bits per heavy atom.